The van der Waals surface area contributed by atoms with Crippen molar-refractivity contribution in [1.29, 1.82) is 0 Å². The third kappa shape index (κ3) is 4.06. The first-order chi connectivity index (χ1) is 13.6. The average molecular weight is 390 g/mol. The van der Waals surface area contributed by atoms with Gasteiger partial charge in [-0.15, -0.1) is 21.5 Å². The molecule has 0 aliphatic rings. The van der Waals surface area contributed by atoms with E-state index in [0.29, 0.717) is 11.8 Å². The summed E-state index contributed by atoms with van der Waals surface area (Å²) in [7, 11) is 0. The maximum Gasteiger partial charge on any atom is 0.247 e. The summed E-state index contributed by atoms with van der Waals surface area (Å²) >= 11 is 1.74. The molecule has 0 saturated carbocycles. The van der Waals surface area contributed by atoms with E-state index < -0.39 is 0 Å². The monoisotopic (exact) mass is 389 g/mol. The zero-order valence-corrected chi connectivity index (χ0v) is 17.0. The molecular weight excluding hydrogens is 366 g/mol. The zero-order valence-electron chi connectivity index (χ0n) is 16.2. The zero-order chi connectivity index (χ0) is 19.5. The van der Waals surface area contributed by atoms with Gasteiger partial charge in [0, 0.05) is 10.4 Å². The largest absolute Gasteiger partial charge is 0.419 e. The van der Waals surface area contributed by atoms with E-state index in [-0.39, 0.29) is 12.1 Å². The van der Waals surface area contributed by atoms with Crippen molar-refractivity contribution >= 4 is 11.3 Å². The Labute approximate surface area is 169 Å². The lowest BCUT2D eigenvalue weighted by molar-refractivity contribution is 0.405. The predicted octanol–water partition coefficient (Wildman–Crippen LogP) is 5.86. The highest BCUT2D eigenvalue weighted by molar-refractivity contribution is 7.10. The Morgan fingerprint density at radius 1 is 0.929 bits per heavy atom. The van der Waals surface area contributed by atoms with Crippen LogP contribution in [0, 0.1) is 13.8 Å². The molecule has 5 heteroatoms. The van der Waals surface area contributed by atoms with Crippen LogP contribution in [0.2, 0.25) is 0 Å². The highest BCUT2D eigenvalue weighted by Gasteiger charge is 2.22. The lowest BCUT2D eigenvalue weighted by atomic mass is 10.0. The number of hydrogen-bond donors (Lipinski definition) is 1. The Kier molecular flexibility index (Phi) is 5.37. The third-order valence-electron chi connectivity index (χ3n) is 4.73. The molecule has 0 bridgehead atoms. The van der Waals surface area contributed by atoms with Gasteiger partial charge in [-0.2, -0.15) is 0 Å². The predicted molar refractivity (Wildman–Crippen MR) is 113 cm³/mol. The SMILES string of the molecule is Cc1ccc([C@@H](N[C@@H](C)c2nnc(-c3cccc(C)c3)o2)c2cccs2)cc1. The Hall–Kier alpha value is -2.76. The first kappa shape index (κ1) is 18.6. The molecule has 0 spiro atoms. The van der Waals surface area contributed by atoms with E-state index in [9.17, 15) is 0 Å². The topological polar surface area (TPSA) is 51.0 Å². The summed E-state index contributed by atoms with van der Waals surface area (Å²) in [6, 6.07) is 20.9. The van der Waals surface area contributed by atoms with E-state index in [1.54, 1.807) is 11.3 Å². The van der Waals surface area contributed by atoms with E-state index in [2.05, 4.69) is 90.2 Å². The number of benzene rings is 2. The fraction of sp³-hybridized carbons (Fsp3) is 0.217. The van der Waals surface area contributed by atoms with Crippen molar-refractivity contribution in [3.63, 3.8) is 0 Å². The maximum atomic E-state index is 5.98. The normalized spacial score (nSPS) is 13.4. The number of rotatable bonds is 6. The summed E-state index contributed by atoms with van der Waals surface area (Å²) < 4.78 is 5.98. The summed E-state index contributed by atoms with van der Waals surface area (Å²) in [5.41, 5.74) is 4.58. The molecule has 0 unspecified atom stereocenters. The Morgan fingerprint density at radius 2 is 1.75 bits per heavy atom. The van der Waals surface area contributed by atoms with Gasteiger partial charge in [0.2, 0.25) is 11.8 Å². The summed E-state index contributed by atoms with van der Waals surface area (Å²) in [5, 5.41) is 14.3. The van der Waals surface area contributed by atoms with Crippen LogP contribution in [0.5, 0.6) is 0 Å². The molecule has 1 N–H and O–H groups in total. The second kappa shape index (κ2) is 8.09. The van der Waals surface area contributed by atoms with Gasteiger partial charge in [0.1, 0.15) is 0 Å². The molecule has 0 aliphatic heterocycles. The van der Waals surface area contributed by atoms with Crippen LogP contribution in [-0.4, -0.2) is 10.2 Å². The average Bonchev–Trinajstić information content (AvgIpc) is 3.39. The number of hydrogen-bond acceptors (Lipinski definition) is 5. The molecule has 0 amide bonds. The maximum absolute atomic E-state index is 5.98. The second-order valence-corrected chi connectivity index (χ2v) is 8.04. The Balaban J connectivity index is 1.58. The number of nitrogens with one attached hydrogen (secondary N) is 1. The van der Waals surface area contributed by atoms with E-state index in [1.807, 2.05) is 12.1 Å². The third-order valence-corrected chi connectivity index (χ3v) is 5.67. The molecule has 0 fully saturated rings. The Morgan fingerprint density at radius 3 is 2.46 bits per heavy atom. The molecule has 0 radical (unpaired) electrons. The molecule has 28 heavy (non-hydrogen) atoms. The van der Waals surface area contributed by atoms with Gasteiger partial charge in [-0.3, -0.25) is 5.32 Å². The van der Waals surface area contributed by atoms with Crippen molar-refractivity contribution in [2.45, 2.75) is 32.9 Å². The fourth-order valence-corrected chi connectivity index (χ4v) is 3.99. The molecule has 4 rings (SSSR count). The molecular formula is C23H23N3OS. The van der Waals surface area contributed by atoms with Gasteiger partial charge in [-0.1, -0.05) is 53.6 Å². The van der Waals surface area contributed by atoms with E-state index in [4.69, 9.17) is 4.42 Å². The summed E-state index contributed by atoms with van der Waals surface area (Å²) in [4.78, 5) is 1.26. The van der Waals surface area contributed by atoms with Crippen molar-refractivity contribution in [2.75, 3.05) is 0 Å². The van der Waals surface area contributed by atoms with Crippen LogP contribution >= 0.6 is 11.3 Å². The Bertz CT molecular complexity index is 1040. The van der Waals surface area contributed by atoms with Crippen molar-refractivity contribution in [3.8, 4) is 11.5 Å². The van der Waals surface area contributed by atoms with Gasteiger partial charge in [0.25, 0.3) is 0 Å². The first-order valence-electron chi connectivity index (χ1n) is 9.36. The molecule has 2 aromatic carbocycles. The molecule has 4 aromatic rings. The minimum Gasteiger partial charge on any atom is -0.419 e. The van der Waals surface area contributed by atoms with Crippen LogP contribution in [0.3, 0.4) is 0 Å². The molecule has 4 nitrogen and oxygen atoms in total. The van der Waals surface area contributed by atoms with Gasteiger partial charge < -0.3 is 4.42 Å². The molecule has 0 aliphatic carbocycles. The number of thiophene rings is 1. The minimum atomic E-state index is -0.0838. The van der Waals surface area contributed by atoms with Crippen LogP contribution in [0.15, 0.2) is 70.5 Å². The van der Waals surface area contributed by atoms with E-state index in [0.717, 1.165) is 5.56 Å². The lowest BCUT2D eigenvalue weighted by Gasteiger charge is -2.21. The number of aromatic nitrogens is 2. The summed E-state index contributed by atoms with van der Waals surface area (Å²) in [6.07, 6.45) is 0. The van der Waals surface area contributed by atoms with Gasteiger partial charge in [-0.25, -0.2) is 0 Å². The van der Waals surface area contributed by atoms with E-state index >= 15 is 0 Å². The molecule has 2 aromatic heterocycles. The lowest BCUT2D eigenvalue weighted by Crippen LogP contribution is -2.25. The van der Waals surface area contributed by atoms with Gasteiger partial charge in [0.15, 0.2) is 0 Å². The van der Waals surface area contributed by atoms with E-state index in [1.165, 1.54) is 21.6 Å². The van der Waals surface area contributed by atoms with Gasteiger partial charge >= 0.3 is 0 Å². The number of aryl methyl sites for hydroxylation is 2. The second-order valence-electron chi connectivity index (χ2n) is 7.06. The van der Waals surface area contributed by atoms with Gasteiger partial charge in [0.05, 0.1) is 12.1 Å². The first-order valence-corrected chi connectivity index (χ1v) is 10.2. The minimum absolute atomic E-state index is 0.0740. The molecule has 142 valence electrons. The fourth-order valence-electron chi connectivity index (χ4n) is 3.18. The van der Waals surface area contributed by atoms with Crippen molar-refractivity contribution in [3.05, 3.63) is 93.5 Å². The van der Waals surface area contributed by atoms with Crippen LogP contribution in [0.4, 0.5) is 0 Å². The number of nitrogens with zero attached hydrogens (tertiary/aromatic N) is 2. The van der Waals surface area contributed by atoms with Crippen molar-refractivity contribution < 1.29 is 4.42 Å². The van der Waals surface area contributed by atoms with Crippen molar-refractivity contribution in [1.82, 2.24) is 15.5 Å². The highest BCUT2D eigenvalue weighted by atomic mass is 32.1. The van der Waals surface area contributed by atoms with Crippen LogP contribution < -0.4 is 5.32 Å². The quantitative estimate of drug-likeness (QED) is 0.449. The molecule has 0 saturated heterocycles. The smallest absolute Gasteiger partial charge is 0.247 e. The van der Waals surface area contributed by atoms with Gasteiger partial charge in [-0.05, 0) is 49.9 Å². The van der Waals surface area contributed by atoms with Crippen molar-refractivity contribution in [2.24, 2.45) is 0 Å². The standard InChI is InChI=1S/C23H23N3OS/c1-15-9-11-18(12-10-15)21(20-8-5-13-28-20)24-17(3)22-25-26-23(27-22)19-7-4-6-16(2)14-19/h4-14,17,21,24H,1-3H3/t17-,21+/m0/s1. The molecule has 2 atom stereocenters. The van der Waals surface area contributed by atoms with Crippen LogP contribution in [0.1, 0.15) is 46.5 Å². The van der Waals surface area contributed by atoms with Crippen LogP contribution in [-0.2, 0) is 0 Å². The van der Waals surface area contributed by atoms with Crippen LogP contribution in [0.25, 0.3) is 11.5 Å². The highest BCUT2D eigenvalue weighted by Crippen LogP contribution is 2.30. The summed E-state index contributed by atoms with van der Waals surface area (Å²) in [5.74, 6) is 1.14. The molecule has 2 heterocycles. The summed E-state index contributed by atoms with van der Waals surface area (Å²) in [6.45, 7) is 6.21.